The summed E-state index contributed by atoms with van der Waals surface area (Å²) in [6.07, 6.45) is 0. The summed E-state index contributed by atoms with van der Waals surface area (Å²) in [4.78, 5) is 10.9. The van der Waals surface area contributed by atoms with Crippen LogP contribution in [0.2, 0.25) is 0 Å². The number of carbonyl (C=O) groups is 1. The number of nitrogens with one attached hydrogen (secondary N) is 1. The maximum Gasteiger partial charge on any atom is 0.322 e. The molecule has 1 rings (SSSR count). The standard InChI is InChI=1S/C10H9FN2O4S/c1-17-10(14)6-18(15,16)13-9-3-2-8(11)4-7(9)5-12/h2-4,13H,6H2,1H3. The van der Waals surface area contributed by atoms with Crippen molar-refractivity contribution < 1.29 is 22.3 Å². The molecule has 0 aliphatic heterocycles. The molecule has 1 N–H and O–H groups in total. The number of halogens is 1. The van der Waals surface area contributed by atoms with Gasteiger partial charge < -0.3 is 4.74 Å². The summed E-state index contributed by atoms with van der Waals surface area (Å²) in [7, 11) is -2.94. The molecule has 18 heavy (non-hydrogen) atoms. The topological polar surface area (TPSA) is 96.3 Å². The first-order chi connectivity index (χ1) is 8.38. The molecule has 0 aromatic heterocycles. The van der Waals surface area contributed by atoms with Crippen LogP contribution in [0.15, 0.2) is 18.2 Å². The fourth-order valence-corrected chi connectivity index (χ4v) is 2.13. The molecule has 0 radical (unpaired) electrons. The largest absolute Gasteiger partial charge is 0.468 e. The van der Waals surface area contributed by atoms with Crippen molar-refractivity contribution in [3.05, 3.63) is 29.6 Å². The average Bonchev–Trinajstić information content (AvgIpc) is 2.30. The second-order valence-electron chi connectivity index (χ2n) is 3.24. The van der Waals surface area contributed by atoms with Crippen LogP contribution in [0.4, 0.5) is 10.1 Å². The van der Waals surface area contributed by atoms with Crippen molar-refractivity contribution in [2.45, 2.75) is 0 Å². The highest BCUT2D eigenvalue weighted by Gasteiger charge is 2.18. The Morgan fingerprint density at radius 2 is 2.22 bits per heavy atom. The van der Waals surface area contributed by atoms with Crippen molar-refractivity contribution in [2.75, 3.05) is 17.6 Å². The Kier molecular flexibility index (Phi) is 4.23. The fourth-order valence-electron chi connectivity index (χ4n) is 1.12. The minimum Gasteiger partial charge on any atom is -0.468 e. The number of ether oxygens (including phenoxy) is 1. The molecule has 6 nitrogen and oxygen atoms in total. The summed E-state index contributed by atoms with van der Waals surface area (Å²) in [5.41, 5.74) is -0.272. The highest BCUT2D eigenvalue weighted by atomic mass is 32.2. The molecule has 0 saturated heterocycles. The first-order valence-corrected chi connectivity index (χ1v) is 6.30. The third-order valence-electron chi connectivity index (χ3n) is 1.90. The van der Waals surface area contributed by atoms with Crippen molar-refractivity contribution in [1.82, 2.24) is 0 Å². The maximum atomic E-state index is 12.8. The van der Waals surface area contributed by atoms with E-state index in [-0.39, 0.29) is 11.3 Å². The normalized spacial score (nSPS) is 10.5. The van der Waals surface area contributed by atoms with Crippen molar-refractivity contribution in [3.63, 3.8) is 0 Å². The number of rotatable bonds is 4. The Morgan fingerprint density at radius 1 is 1.56 bits per heavy atom. The second kappa shape index (κ2) is 5.46. The molecule has 1 aromatic rings. The van der Waals surface area contributed by atoms with Crippen molar-refractivity contribution in [2.24, 2.45) is 0 Å². The number of hydrogen-bond donors (Lipinski definition) is 1. The van der Waals surface area contributed by atoms with Gasteiger partial charge in [-0.25, -0.2) is 12.8 Å². The zero-order chi connectivity index (χ0) is 13.8. The van der Waals surface area contributed by atoms with Gasteiger partial charge in [-0.1, -0.05) is 0 Å². The number of nitriles is 1. The van der Waals surface area contributed by atoms with Gasteiger partial charge in [0.15, 0.2) is 5.75 Å². The van der Waals surface area contributed by atoms with Gasteiger partial charge in [0.1, 0.15) is 11.9 Å². The molecule has 0 aliphatic rings. The van der Waals surface area contributed by atoms with E-state index in [2.05, 4.69) is 4.74 Å². The Labute approximate surface area is 103 Å². The highest BCUT2D eigenvalue weighted by Crippen LogP contribution is 2.17. The van der Waals surface area contributed by atoms with E-state index in [9.17, 15) is 17.6 Å². The van der Waals surface area contributed by atoms with Gasteiger partial charge in [0.2, 0.25) is 10.0 Å². The van der Waals surface area contributed by atoms with E-state index in [4.69, 9.17) is 5.26 Å². The molecule has 96 valence electrons. The predicted octanol–water partition coefficient (Wildman–Crippen LogP) is 0.612. The van der Waals surface area contributed by atoms with Crippen LogP contribution in [-0.4, -0.2) is 27.2 Å². The number of hydrogen-bond acceptors (Lipinski definition) is 5. The van der Waals surface area contributed by atoms with Gasteiger partial charge in [-0.2, -0.15) is 5.26 Å². The van der Waals surface area contributed by atoms with E-state index < -0.39 is 27.6 Å². The Balaban J connectivity index is 2.98. The van der Waals surface area contributed by atoms with E-state index in [0.29, 0.717) is 0 Å². The van der Waals surface area contributed by atoms with Crippen LogP contribution in [0.1, 0.15) is 5.56 Å². The number of esters is 1. The molecule has 0 amide bonds. The maximum absolute atomic E-state index is 12.8. The van der Waals surface area contributed by atoms with Crippen LogP contribution < -0.4 is 4.72 Å². The number of sulfonamides is 1. The van der Waals surface area contributed by atoms with E-state index in [0.717, 1.165) is 25.3 Å². The fraction of sp³-hybridized carbons (Fsp3) is 0.200. The molecule has 0 heterocycles. The molecule has 1 aromatic carbocycles. The quantitative estimate of drug-likeness (QED) is 0.810. The van der Waals surface area contributed by atoms with Crippen molar-refractivity contribution >= 4 is 21.7 Å². The average molecular weight is 272 g/mol. The van der Waals surface area contributed by atoms with Crippen molar-refractivity contribution in [1.29, 1.82) is 5.26 Å². The summed E-state index contributed by atoms with van der Waals surface area (Å²) < 4.78 is 42.1. The summed E-state index contributed by atoms with van der Waals surface area (Å²) in [5, 5.41) is 8.72. The van der Waals surface area contributed by atoms with Gasteiger partial charge in [0, 0.05) is 0 Å². The lowest BCUT2D eigenvalue weighted by molar-refractivity contribution is -0.137. The monoisotopic (exact) mass is 272 g/mol. The van der Waals surface area contributed by atoms with Crippen LogP contribution in [0, 0.1) is 17.1 Å². The van der Waals surface area contributed by atoms with Crippen LogP contribution in [-0.2, 0) is 19.6 Å². The zero-order valence-corrected chi connectivity index (χ0v) is 10.1. The molecule has 0 fully saturated rings. The van der Waals surface area contributed by atoms with Gasteiger partial charge in [0.05, 0.1) is 18.4 Å². The Hall–Kier alpha value is -2.14. The van der Waals surface area contributed by atoms with Gasteiger partial charge in [-0.3, -0.25) is 9.52 Å². The minimum absolute atomic E-state index is 0.0946. The lowest BCUT2D eigenvalue weighted by Crippen LogP contribution is -2.24. The number of nitrogens with zero attached hydrogens (tertiary/aromatic N) is 1. The third kappa shape index (κ3) is 3.71. The lowest BCUT2D eigenvalue weighted by Gasteiger charge is -2.08. The Bertz CT molecular complexity index is 607. The molecule has 0 spiro atoms. The molecular formula is C10H9FN2O4S. The van der Waals surface area contributed by atoms with Gasteiger partial charge in [0.25, 0.3) is 0 Å². The van der Waals surface area contributed by atoms with E-state index in [1.54, 1.807) is 6.07 Å². The van der Waals surface area contributed by atoms with Crippen molar-refractivity contribution in [3.8, 4) is 6.07 Å². The first kappa shape index (κ1) is 13.9. The number of benzene rings is 1. The second-order valence-corrected chi connectivity index (χ2v) is 4.96. The van der Waals surface area contributed by atoms with Gasteiger partial charge in [-0.05, 0) is 18.2 Å². The molecule has 0 bridgehead atoms. The summed E-state index contributed by atoms with van der Waals surface area (Å²) in [5.74, 6) is -2.49. The molecular weight excluding hydrogens is 263 g/mol. The minimum atomic E-state index is -3.99. The number of methoxy groups -OCH3 is 1. The lowest BCUT2D eigenvalue weighted by atomic mass is 10.2. The third-order valence-corrected chi connectivity index (χ3v) is 3.05. The Morgan fingerprint density at radius 3 is 2.78 bits per heavy atom. The molecule has 8 heteroatoms. The molecule has 0 unspecified atom stereocenters. The molecule has 0 saturated carbocycles. The first-order valence-electron chi connectivity index (χ1n) is 4.65. The van der Waals surface area contributed by atoms with E-state index in [1.807, 2.05) is 4.72 Å². The SMILES string of the molecule is COC(=O)CS(=O)(=O)Nc1ccc(F)cc1C#N. The van der Waals surface area contributed by atoms with E-state index in [1.165, 1.54) is 0 Å². The predicted molar refractivity (Wildman–Crippen MR) is 60.5 cm³/mol. The van der Waals surface area contributed by atoms with Crippen LogP contribution in [0.25, 0.3) is 0 Å². The number of anilines is 1. The summed E-state index contributed by atoms with van der Waals surface area (Å²) in [6, 6.07) is 4.62. The van der Waals surface area contributed by atoms with Crippen LogP contribution in [0.3, 0.4) is 0 Å². The van der Waals surface area contributed by atoms with Crippen LogP contribution in [0.5, 0.6) is 0 Å². The van der Waals surface area contributed by atoms with Gasteiger partial charge in [-0.15, -0.1) is 0 Å². The molecule has 0 atom stereocenters. The zero-order valence-electron chi connectivity index (χ0n) is 9.31. The number of carbonyl (C=O) groups excluding carboxylic acids is 1. The van der Waals surface area contributed by atoms with Crippen LogP contribution >= 0.6 is 0 Å². The summed E-state index contributed by atoms with van der Waals surface area (Å²) >= 11 is 0. The van der Waals surface area contributed by atoms with E-state index >= 15 is 0 Å². The highest BCUT2D eigenvalue weighted by molar-refractivity contribution is 7.93. The molecule has 0 aliphatic carbocycles. The van der Waals surface area contributed by atoms with Gasteiger partial charge >= 0.3 is 5.97 Å². The smallest absolute Gasteiger partial charge is 0.322 e. The summed E-state index contributed by atoms with van der Waals surface area (Å²) in [6.45, 7) is 0.